The van der Waals surface area contributed by atoms with Crippen molar-refractivity contribution in [2.24, 2.45) is 0 Å². The Morgan fingerprint density at radius 1 is 0.622 bits per heavy atom. The van der Waals surface area contributed by atoms with E-state index in [9.17, 15) is 0 Å². The van der Waals surface area contributed by atoms with Crippen molar-refractivity contribution in [1.29, 1.82) is 0 Å². The first-order chi connectivity index (χ1) is 18.3. The first-order valence-electron chi connectivity index (χ1n) is 12.1. The summed E-state index contributed by atoms with van der Waals surface area (Å²) in [5.74, 6) is 3.32. The van der Waals surface area contributed by atoms with E-state index in [2.05, 4.69) is 22.3 Å². The topological polar surface area (TPSA) is 80.2 Å². The SMILES string of the molecule is c1ccc(-c2nc(-c3ccccc3)nc(N3c4ccoc4-c4cccc5c4C3Nc3ccoc3-5)n2)cc1. The van der Waals surface area contributed by atoms with Crippen molar-refractivity contribution >= 4 is 17.3 Å². The third-order valence-corrected chi connectivity index (χ3v) is 6.89. The first kappa shape index (κ1) is 20.1. The molecule has 1 unspecified atom stereocenters. The molecule has 0 spiro atoms. The molecule has 7 nitrogen and oxygen atoms in total. The third-order valence-electron chi connectivity index (χ3n) is 6.89. The molecule has 5 heterocycles. The molecule has 0 aliphatic carbocycles. The molecule has 0 amide bonds. The molecule has 2 aliphatic heterocycles. The summed E-state index contributed by atoms with van der Waals surface area (Å²) in [6.07, 6.45) is 3.15. The van der Waals surface area contributed by atoms with Crippen molar-refractivity contribution in [3.63, 3.8) is 0 Å². The second-order valence-electron chi connectivity index (χ2n) is 9.00. The van der Waals surface area contributed by atoms with Gasteiger partial charge in [-0.25, -0.2) is 4.98 Å². The molecule has 0 saturated heterocycles. The smallest absolute Gasteiger partial charge is 0.236 e. The number of nitrogens with one attached hydrogen (secondary N) is 1. The number of rotatable bonds is 3. The summed E-state index contributed by atoms with van der Waals surface area (Å²) in [4.78, 5) is 17.0. The van der Waals surface area contributed by atoms with Crippen LogP contribution in [-0.4, -0.2) is 15.0 Å². The van der Waals surface area contributed by atoms with Crippen molar-refractivity contribution in [2.75, 3.05) is 10.2 Å². The fourth-order valence-electron chi connectivity index (χ4n) is 5.26. The van der Waals surface area contributed by atoms with Gasteiger partial charge in [0.2, 0.25) is 5.95 Å². The van der Waals surface area contributed by atoms with Crippen LogP contribution in [0.2, 0.25) is 0 Å². The lowest BCUT2D eigenvalue weighted by molar-refractivity contribution is 0.568. The summed E-state index contributed by atoms with van der Waals surface area (Å²) in [5, 5.41) is 3.66. The average Bonchev–Trinajstić information content (AvgIpc) is 3.64. The lowest BCUT2D eigenvalue weighted by atomic mass is 9.88. The normalized spacial score (nSPS) is 14.9. The summed E-state index contributed by atoms with van der Waals surface area (Å²) < 4.78 is 11.9. The Morgan fingerprint density at radius 2 is 1.24 bits per heavy atom. The second kappa shape index (κ2) is 7.66. The number of anilines is 3. The van der Waals surface area contributed by atoms with E-state index in [1.807, 2.05) is 78.9 Å². The van der Waals surface area contributed by atoms with E-state index in [1.165, 1.54) is 0 Å². The van der Waals surface area contributed by atoms with Crippen LogP contribution in [0, 0.1) is 0 Å². The highest BCUT2D eigenvalue weighted by molar-refractivity contribution is 5.93. The Labute approximate surface area is 212 Å². The number of fused-ring (bicyclic) bond motifs is 4. The highest BCUT2D eigenvalue weighted by Gasteiger charge is 2.41. The Kier molecular flexibility index (Phi) is 4.16. The summed E-state index contributed by atoms with van der Waals surface area (Å²) in [6.45, 7) is 0. The van der Waals surface area contributed by atoms with Crippen LogP contribution < -0.4 is 10.2 Å². The monoisotopic (exact) mass is 481 g/mol. The fraction of sp³-hybridized carbons (Fsp3) is 0.0333. The van der Waals surface area contributed by atoms with E-state index in [4.69, 9.17) is 23.8 Å². The van der Waals surface area contributed by atoms with Crippen molar-refractivity contribution < 1.29 is 8.83 Å². The number of benzene rings is 3. The highest BCUT2D eigenvalue weighted by atomic mass is 16.3. The van der Waals surface area contributed by atoms with E-state index in [0.29, 0.717) is 17.6 Å². The van der Waals surface area contributed by atoms with Crippen molar-refractivity contribution in [1.82, 2.24) is 15.0 Å². The summed E-state index contributed by atoms with van der Waals surface area (Å²) in [5.41, 5.74) is 6.76. The van der Waals surface area contributed by atoms with Crippen LogP contribution in [0.4, 0.5) is 17.3 Å². The second-order valence-corrected chi connectivity index (χ2v) is 9.00. The van der Waals surface area contributed by atoms with Crippen LogP contribution in [-0.2, 0) is 0 Å². The summed E-state index contributed by atoms with van der Waals surface area (Å²) in [7, 11) is 0. The molecule has 7 heteroatoms. The molecule has 1 N–H and O–H groups in total. The van der Waals surface area contributed by atoms with Gasteiger partial charge < -0.3 is 14.2 Å². The zero-order valence-corrected chi connectivity index (χ0v) is 19.5. The number of hydrogen-bond acceptors (Lipinski definition) is 7. The minimum Gasteiger partial charge on any atom is -0.462 e. The summed E-state index contributed by atoms with van der Waals surface area (Å²) >= 11 is 0. The van der Waals surface area contributed by atoms with Crippen LogP contribution in [0.1, 0.15) is 11.7 Å². The molecule has 3 aromatic heterocycles. The molecule has 3 aromatic carbocycles. The number of hydrogen-bond donors (Lipinski definition) is 1. The lowest BCUT2D eigenvalue weighted by Gasteiger charge is -2.40. The number of furan rings is 2. The molecule has 1 atom stereocenters. The Hall–Kier alpha value is -5.17. The highest BCUT2D eigenvalue weighted by Crippen LogP contribution is 2.54. The first-order valence-corrected chi connectivity index (χ1v) is 12.1. The standard InChI is InChI=1S/C30H19N5O2/c1-3-8-18(9-4-1)27-32-28(19-10-5-2-6-11-19)34-30(33-27)35-23-15-17-37-26(23)21-13-7-12-20-24(21)29(35)31-22-14-16-36-25(20)22/h1-17,29,31H. The Bertz CT molecular complexity index is 1700. The zero-order valence-electron chi connectivity index (χ0n) is 19.5. The van der Waals surface area contributed by atoms with E-state index in [-0.39, 0.29) is 6.17 Å². The molecular formula is C30H19N5O2. The molecule has 176 valence electrons. The van der Waals surface area contributed by atoms with Crippen molar-refractivity contribution in [3.05, 3.63) is 109 Å². The van der Waals surface area contributed by atoms with Gasteiger partial charge in [-0.1, -0.05) is 78.9 Å². The van der Waals surface area contributed by atoms with Gasteiger partial charge in [-0.15, -0.1) is 0 Å². The van der Waals surface area contributed by atoms with Gasteiger partial charge in [0.15, 0.2) is 23.2 Å². The quantitative estimate of drug-likeness (QED) is 0.284. The lowest BCUT2D eigenvalue weighted by Crippen LogP contribution is -2.36. The van der Waals surface area contributed by atoms with Crippen LogP contribution in [0.25, 0.3) is 45.4 Å². The molecule has 6 aromatic rings. The van der Waals surface area contributed by atoms with Crippen LogP contribution in [0.15, 0.2) is 112 Å². The molecule has 8 rings (SSSR count). The molecule has 37 heavy (non-hydrogen) atoms. The third kappa shape index (κ3) is 2.97. The molecule has 0 radical (unpaired) electrons. The van der Waals surface area contributed by atoms with Gasteiger partial charge in [-0.3, -0.25) is 4.90 Å². The van der Waals surface area contributed by atoms with E-state index in [1.54, 1.807) is 12.5 Å². The van der Waals surface area contributed by atoms with Gasteiger partial charge in [-0.05, 0) is 0 Å². The summed E-state index contributed by atoms with van der Waals surface area (Å²) in [6, 6.07) is 30.1. The fourth-order valence-corrected chi connectivity index (χ4v) is 5.26. The maximum atomic E-state index is 6.03. The van der Waals surface area contributed by atoms with Crippen molar-refractivity contribution in [3.8, 4) is 45.4 Å². The predicted molar refractivity (Wildman–Crippen MR) is 141 cm³/mol. The van der Waals surface area contributed by atoms with Gasteiger partial charge in [0.1, 0.15) is 6.17 Å². The minimum atomic E-state index is -0.268. The molecule has 0 bridgehead atoms. The minimum absolute atomic E-state index is 0.268. The number of nitrogens with zero attached hydrogens (tertiary/aromatic N) is 4. The van der Waals surface area contributed by atoms with Gasteiger partial charge in [0, 0.05) is 39.9 Å². The Morgan fingerprint density at radius 3 is 1.95 bits per heavy atom. The van der Waals surface area contributed by atoms with Gasteiger partial charge in [0.25, 0.3) is 0 Å². The van der Waals surface area contributed by atoms with E-state index >= 15 is 0 Å². The van der Waals surface area contributed by atoms with Crippen LogP contribution >= 0.6 is 0 Å². The maximum Gasteiger partial charge on any atom is 0.236 e. The van der Waals surface area contributed by atoms with Crippen molar-refractivity contribution in [2.45, 2.75) is 6.17 Å². The van der Waals surface area contributed by atoms with Gasteiger partial charge >= 0.3 is 0 Å². The van der Waals surface area contributed by atoms with Gasteiger partial charge in [0.05, 0.1) is 23.9 Å². The van der Waals surface area contributed by atoms with E-state index in [0.717, 1.165) is 50.7 Å². The molecular weight excluding hydrogens is 462 g/mol. The van der Waals surface area contributed by atoms with Crippen LogP contribution in [0.3, 0.4) is 0 Å². The average molecular weight is 482 g/mol. The largest absolute Gasteiger partial charge is 0.462 e. The van der Waals surface area contributed by atoms with Gasteiger partial charge in [-0.2, -0.15) is 9.97 Å². The Balaban J connectivity index is 1.39. The predicted octanol–water partition coefficient (Wildman–Crippen LogP) is 7.30. The van der Waals surface area contributed by atoms with Crippen LogP contribution in [0.5, 0.6) is 0 Å². The molecule has 0 fully saturated rings. The van der Waals surface area contributed by atoms with E-state index < -0.39 is 0 Å². The number of aromatic nitrogens is 3. The molecule has 0 saturated carbocycles. The molecule has 2 aliphatic rings. The zero-order chi connectivity index (χ0) is 24.3. The maximum absolute atomic E-state index is 6.03.